The second kappa shape index (κ2) is 7.98. The minimum absolute atomic E-state index is 0.589. The summed E-state index contributed by atoms with van der Waals surface area (Å²) < 4.78 is 0. The van der Waals surface area contributed by atoms with E-state index in [2.05, 4.69) is 29.1 Å². The van der Waals surface area contributed by atoms with Crippen molar-refractivity contribution < 1.29 is 0 Å². The Labute approximate surface area is 133 Å². The van der Waals surface area contributed by atoms with Crippen LogP contribution in [-0.4, -0.2) is 16.5 Å². The first kappa shape index (κ1) is 16.5. The van der Waals surface area contributed by atoms with Gasteiger partial charge in [0.1, 0.15) is 16.8 Å². The lowest BCUT2D eigenvalue weighted by Gasteiger charge is -2.28. The molecule has 1 saturated carbocycles. The average molecular weight is 310 g/mol. The van der Waals surface area contributed by atoms with E-state index >= 15 is 0 Å². The fourth-order valence-electron chi connectivity index (χ4n) is 3.13. The van der Waals surface area contributed by atoms with Gasteiger partial charge in [0.25, 0.3) is 0 Å². The second-order valence-corrected chi connectivity index (χ2v) is 6.69. The molecule has 2 rings (SSSR count). The molecular weight excluding hydrogens is 282 g/mol. The third-order valence-corrected chi connectivity index (χ3v) is 5.08. The second-order valence-electron chi connectivity index (χ2n) is 6.33. The number of anilines is 1. The molecule has 0 aliphatic heterocycles. The van der Waals surface area contributed by atoms with E-state index in [1.807, 2.05) is 6.92 Å². The summed E-state index contributed by atoms with van der Waals surface area (Å²) in [4.78, 5) is 8.98. The molecule has 4 heteroatoms. The molecule has 3 nitrogen and oxygen atoms in total. The standard InChI is InChI=1S/C17H28ClN3/c1-4-6-15-20-16(18)12(3)17(21-15)19-11-14-9-7-13(5-2)8-10-14/h13-14H,4-11H2,1-3H3,(H,19,20,21). The van der Waals surface area contributed by atoms with Gasteiger partial charge < -0.3 is 5.32 Å². The molecular formula is C17H28ClN3. The summed E-state index contributed by atoms with van der Waals surface area (Å²) in [6.45, 7) is 7.45. The van der Waals surface area contributed by atoms with Crippen LogP contribution < -0.4 is 5.32 Å². The molecule has 1 aliphatic carbocycles. The molecule has 1 aromatic rings. The molecule has 1 aliphatic rings. The van der Waals surface area contributed by atoms with Crippen LogP contribution in [0.25, 0.3) is 0 Å². The molecule has 0 unspecified atom stereocenters. The van der Waals surface area contributed by atoms with Crippen LogP contribution in [0.3, 0.4) is 0 Å². The molecule has 0 spiro atoms. The van der Waals surface area contributed by atoms with Gasteiger partial charge in [0, 0.05) is 18.5 Å². The molecule has 0 aromatic carbocycles. The van der Waals surface area contributed by atoms with Gasteiger partial charge in [-0.2, -0.15) is 0 Å². The predicted octanol–water partition coefficient (Wildman–Crippen LogP) is 5.02. The zero-order valence-corrected chi connectivity index (χ0v) is 14.3. The number of hydrogen-bond donors (Lipinski definition) is 1. The lowest BCUT2D eigenvalue weighted by Crippen LogP contribution is -2.22. The number of aryl methyl sites for hydroxylation is 1. The van der Waals surface area contributed by atoms with E-state index in [0.717, 1.165) is 48.4 Å². The number of halogens is 1. The Kier molecular flexibility index (Phi) is 6.28. The Morgan fingerprint density at radius 1 is 1.10 bits per heavy atom. The first-order valence-corrected chi connectivity index (χ1v) is 8.78. The number of hydrogen-bond acceptors (Lipinski definition) is 3. The van der Waals surface area contributed by atoms with E-state index < -0.39 is 0 Å². The SMILES string of the molecule is CCCc1nc(Cl)c(C)c(NCC2CCC(CC)CC2)n1. The van der Waals surface area contributed by atoms with Gasteiger partial charge in [-0.1, -0.05) is 44.7 Å². The lowest BCUT2D eigenvalue weighted by molar-refractivity contribution is 0.278. The smallest absolute Gasteiger partial charge is 0.137 e. The van der Waals surface area contributed by atoms with Crippen LogP contribution >= 0.6 is 11.6 Å². The average Bonchev–Trinajstić information content (AvgIpc) is 2.50. The third kappa shape index (κ3) is 4.57. The Morgan fingerprint density at radius 2 is 1.76 bits per heavy atom. The molecule has 1 heterocycles. The lowest BCUT2D eigenvalue weighted by atomic mass is 9.81. The highest BCUT2D eigenvalue weighted by Gasteiger charge is 2.20. The number of aromatic nitrogens is 2. The normalized spacial score (nSPS) is 22.3. The molecule has 0 amide bonds. The zero-order chi connectivity index (χ0) is 15.2. The van der Waals surface area contributed by atoms with Crippen molar-refractivity contribution in [2.24, 2.45) is 11.8 Å². The highest BCUT2D eigenvalue weighted by atomic mass is 35.5. The summed E-state index contributed by atoms with van der Waals surface area (Å²) in [7, 11) is 0. The van der Waals surface area contributed by atoms with E-state index in [0.29, 0.717) is 5.15 Å². The Balaban J connectivity index is 1.93. The number of rotatable bonds is 6. The van der Waals surface area contributed by atoms with Crippen molar-refractivity contribution in [2.45, 2.75) is 65.7 Å². The summed E-state index contributed by atoms with van der Waals surface area (Å²) in [6.07, 6.45) is 8.70. The van der Waals surface area contributed by atoms with Crippen molar-refractivity contribution >= 4 is 17.4 Å². The number of nitrogens with zero attached hydrogens (tertiary/aromatic N) is 2. The van der Waals surface area contributed by atoms with E-state index in [9.17, 15) is 0 Å². The third-order valence-electron chi connectivity index (χ3n) is 4.71. The molecule has 0 bridgehead atoms. The van der Waals surface area contributed by atoms with Gasteiger partial charge in [0.15, 0.2) is 0 Å². The Morgan fingerprint density at radius 3 is 2.38 bits per heavy atom. The largest absolute Gasteiger partial charge is 0.369 e. The molecule has 1 fully saturated rings. The minimum atomic E-state index is 0.589. The van der Waals surface area contributed by atoms with Crippen LogP contribution in [0.5, 0.6) is 0 Å². The van der Waals surface area contributed by atoms with E-state index in [1.165, 1.54) is 32.1 Å². The molecule has 0 atom stereocenters. The topological polar surface area (TPSA) is 37.8 Å². The quantitative estimate of drug-likeness (QED) is 0.750. The predicted molar refractivity (Wildman–Crippen MR) is 90.0 cm³/mol. The van der Waals surface area contributed by atoms with E-state index in [1.54, 1.807) is 0 Å². The van der Waals surface area contributed by atoms with Gasteiger partial charge in [0.05, 0.1) is 0 Å². The maximum atomic E-state index is 6.22. The maximum absolute atomic E-state index is 6.22. The first-order valence-electron chi connectivity index (χ1n) is 8.40. The Hall–Kier alpha value is -0.830. The van der Waals surface area contributed by atoms with Crippen molar-refractivity contribution in [3.63, 3.8) is 0 Å². The van der Waals surface area contributed by atoms with Gasteiger partial charge >= 0.3 is 0 Å². The van der Waals surface area contributed by atoms with Crippen molar-refractivity contribution in [1.29, 1.82) is 0 Å². The van der Waals surface area contributed by atoms with Gasteiger partial charge in [0.2, 0.25) is 0 Å². The Bertz CT molecular complexity index is 454. The maximum Gasteiger partial charge on any atom is 0.137 e. The first-order chi connectivity index (χ1) is 10.1. The molecule has 1 N–H and O–H groups in total. The van der Waals surface area contributed by atoms with Crippen LogP contribution in [0, 0.1) is 18.8 Å². The molecule has 0 radical (unpaired) electrons. The van der Waals surface area contributed by atoms with E-state index in [4.69, 9.17) is 11.6 Å². The minimum Gasteiger partial charge on any atom is -0.369 e. The highest BCUT2D eigenvalue weighted by Crippen LogP contribution is 2.31. The summed E-state index contributed by atoms with van der Waals surface area (Å²) >= 11 is 6.22. The van der Waals surface area contributed by atoms with E-state index in [-0.39, 0.29) is 0 Å². The van der Waals surface area contributed by atoms with Crippen molar-refractivity contribution in [3.8, 4) is 0 Å². The van der Waals surface area contributed by atoms with Crippen LogP contribution in [0.4, 0.5) is 5.82 Å². The van der Waals surface area contributed by atoms with Gasteiger partial charge in [-0.25, -0.2) is 9.97 Å². The summed E-state index contributed by atoms with van der Waals surface area (Å²) in [5, 5.41) is 4.11. The van der Waals surface area contributed by atoms with Crippen LogP contribution in [0.1, 0.15) is 63.8 Å². The molecule has 1 aromatic heterocycles. The molecule has 21 heavy (non-hydrogen) atoms. The zero-order valence-electron chi connectivity index (χ0n) is 13.6. The fourth-order valence-corrected chi connectivity index (χ4v) is 3.31. The van der Waals surface area contributed by atoms with Crippen molar-refractivity contribution in [3.05, 3.63) is 16.5 Å². The van der Waals surface area contributed by atoms with Gasteiger partial charge in [-0.05, 0) is 38.0 Å². The summed E-state index contributed by atoms with van der Waals surface area (Å²) in [5.41, 5.74) is 0.971. The van der Waals surface area contributed by atoms with Crippen LogP contribution in [-0.2, 0) is 6.42 Å². The van der Waals surface area contributed by atoms with Gasteiger partial charge in [-0.15, -0.1) is 0 Å². The van der Waals surface area contributed by atoms with Crippen LogP contribution in [0.15, 0.2) is 0 Å². The monoisotopic (exact) mass is 309 g/mol. The number of nitrogens with one attached hydrogen (secondary N) is 1. The van der Waals surface area contributed by atoms with Crippen molar-refractivity contribution in [1.82, 2.24) is 9.97 Å². The molecule has 0 saturated heterocycles. The van der Waals surface area contributed by atoms with Crippen molar-refractivity contribution in [2.75, 3.05) is 11.9 Å². The van der Waals surface area contributed by atoms with Crippen LogP contribution in [0.2, 0.25) is 5.15 Å². The van der Waals surface area contributed by atoms with Gasteiger partial charge in [-0.3, -0.25) is 0 Å². The fraction of sp³-hybridized carbons (Fsp3) is 0.765. The summed E-state index contributed by atoms with van der Waals surface area (Å²) in [6, 6.07) is 0. The molecule has 118 valence electrons. The summed E-state index contributed by atoms with van der Waals surface area (Å²) in [5.74, 6) is 3.50. The highest BCUT2D eigenvalue weighted by molar-refractivity contribution is 6.30.